The molecule has 7 heteroatoms. The summed E-state index contributed by atoms with van der Waals surface area (Å²) in [5.41, 5.74) is 2.64. The Bertz CT molecular complexity index is 1020. The number of imidazole rings is 1. The van der Waals surface area contributed by atoms with Crippen molar-refractivity contribution in [1.29, 1.82) is 0 Å². The van der Waals surface area contributed by atoms with E-state index in [0.717, 1.165) is 63.3 Å². The number of benzene rings is 1. The molecule has 2 heterocycles. The Kier molecular flexibility index (Phi) is 9.52. The van der Waals surface area contributed by atoms with E-state index in [2.05, 4.69) is 51.0 Å². The molecular formula is C31H47N5O2. The summed E-state index contributed by atoms with van der Waals surface area (Å²) in [6.45, 7) is 4.19. The highest BCUT2D eigenvalue weighted by atomic mass is 16.5. The first-order chi connectivity index (χ1) is 18.7. The van der Waals surface area contributed by atoms with Gasteiger partial charge in [-0.2, -0.15) is 0 Å². The number of ether oxygens (including phenoxy) is 1. The second-order valence-corrected chi connectivity index (χ2v) is 11.7. The lowest BCUT2D eigenvalue weighted by Crippen LogP contribution is -2.54. The van der Waals surface area contributed by atoms with Gasteiger partial charge in [0.15, 0.2) is 5.69 Å². The fraction of sp³-hybridized carbons (Fsp3) is 0.677. The second-order valence-electron chi connectivity index (χ2n) is 11.7. The Morgan fingerprint density at radius 2 is 1.84 bits per heavy atom. The Morgan fingerprint density at radius 1 is 1.08 bits per heavy atom. The Balaban J connectivity index is 1.39. The van der Waals surface area contributed by atoms with Crippen LogP contribution in [0.2, 0.25) is 0 Å². The van der Waals surface area contributed by atoms with Gasteiger partial charge in [-0.25, -0.2) is 4.98 Å². The van der Waals surface area contributed by atoms with Gasteiger partial charge < -0.3 is 24.4 Å². The number of rotatable bonds is 9. The van der Waals surface area contributed by atoms with E-state index in [1.165, 1.54) is 44.9 Å². The first-order valence-corrected chi connectivity index (χ1v) is 15.0. The topological polar surface area (TPSA) is 62.6 Å². The second kappa shape index (κ2) is 13.2. The molecule has 3 aliphatic rings. The average Bonchev–Trinajstić information content (AvgIpc) is 3.42. The minimum atomic E-state index is 0.0773. The molecule has 1 aromatic carbocycles. The van der Waals surface area contributed by atoms with Gasteiger partial charge in [-0.1, -0.05) is 62.4 Å². The Labute approximate surface area is 228 Å². The van der Waals surface area contributed by atoms with Crippen molar-refractivity contribution >= 4 is 5.91 Å². The number of hydrogen-bond acceptors (Lipinski definition) is 5. The highest BCUT2D eigenvalue weighted by Crippen LogP contribution is 2.38. The van der Waals surface area contributed by atoms with Crippen LogP contribution in [0.15, 0.2) is 36.7 Å². The predicted molar refractivity (Wildman–Crippen MR) is 152 cm³/mol. The van der Waals surface area contributed by atoms with Crippen molar-refractivity contribution in [2.45, 2.75) is 82.3 Å². The Hall–Kier alpha value is -2.22. The molecule has 208 valence electrons. The molecule has 2 aliphatic carbocycles. The van der Waals surface area contributed by atoms with Crippen molar-refractivity contribution in [1.82, 2.24) is 24.7 Å². The highest BCUT2D eigenvalue weighted by molar-refractivity contribution is 5.98. The minimum absolute atomic E-state index is 0.0773. The standard InChI is InChI=1S/C31H47N5O2/c1-34(26-14-7-4-8-15-26)19-17-27-21-32-18-20-35(27)31(37)29-30(24-11-5-3-6-12-24)36(23-33-29)28-16-10-9-13-25(28)22-38-2/h3,5-6,11-12,23,25-28,32H,4,7-10,13-22H2,1-2H3/t25-,27+,28+/m0/s1. The van der Waals surface area contributed by atoms with Gasteiger partial charge in [0, 0.05) is 62.9 Å². The first-order valence-electron chi connectivity index (χ1n) is 15.0. The number of amides is 1. The average molecular weight is 522 g/mol. The molecule has 0 bridgehead atoms. The molecule has 0 radical (unpaired) electrons. The highest BCUT2D eigenvalue weighted by Gasteiger charge is 2.34. The summed E-state index contributed by atoms with van der Waals surface area (Å²) in [6.07, 6.45) is 14.3. The van der Waals surface area contributed by atoms with E-state index < -0.39 is 0 Å². The number of piperazine rings is 1. The van der Waals surface area contributed by atoms with Gasteiger partial charge in [0.2, 0.25) is 0 Å². The smallest absolute Gasteiger partial charge is 0.275 e. The lowest BCUT2D eigenvalue weighted by atomic mass is 9.84. The van der Waals surface area contributed by atoms with Crippen molar-refractivity contribution in [2.24, 2.45) is 5.92 Å². The molecule has 2 saturated carbocycles. The fourth-order valence-electron chi connectivity index (χ4n) is 7.09. The third kappa shape index (κ3) is 6.16. The van der Waals surface area contributed by atoms with Gasteiger partial charge in [-0.3, -0.25) is 4.79 Å². The summed E-state index contributed by atoms with van der Waals surface area (Å²) < 4.78 is 7.92. The summed E-state index contributed by atoms with van der Waals surface area (Å²) >= 11 is 0. The van der Waals surface area contributed by atoms with E-state index in [1.54, 1.807) is 7.11 Å². The number of hydrogen-bond donors (Lipinski definition) is 1. The molecule has 38 heavy (non-hydrogen) atoms. The van der Waals surface area contributed by atoms with Gasteiger partial charge in [-0.05, 0) is 39.2 Å². The number of aromatic nitrogens is 2. The van der Waals surface area contributed by atoms with E-state index >= 15 is 0 Å². The van der Waals surface area contributed by atoms with E-state index in [0.29, 0.717) is 23.7 Å². The molecule has 2 aromatic rings. The predicted octanol–water partition coefficient (Wildman–Crippen LogP) is 5.00. The molecule has 0 spiro atoms. The minimum Gasteiger partial charge on any atom is -0.384 e. The van der Waals surface area contributed by atoms with Crippen LogP contribution >= 0.6 is 0 Å². The van der Waals surface area contributed by atoms with E-state index in [-0.39, 0.29) is 11.9 Å². The van der Waals surface area contributed by atoms with Crippen molar-refractivity contribution in [3.8, 4) is 11.3 Å². The number of carbonyl (C=O) groups excluding carboxylic acids is 1. The van der Waals surface area contributed by atoms with Crippen molar-refractivity contribution < 1.29 is 9.53 Å². The largest absolute Gasteiger partial charge is 0.384 e. The third-order valence-corrected chi connectivity index (χ3v) is 9.27. The van der Waals surface area contributed by atoms with Crippen LogP contribution in [0.5, 0.6) is 0 Å². The number of carbonyl (C=O) groups is 1. The van der Waals surface area contributed by atoms with Gasteiger partial charge in [0.1, 0.15) is 0 Å². The summed E-state index contributed by atoms with van der Waals surface area (Å²) in [7, 11) is 4.07. The van der Waals surface area contributed by atoms with E-state index in [9.17, 15) is 4.79 Å². The summed E-state index contributed by atoms with van der Waals surface area (Å²) in [4.78, 5) is 23.7. The molecule has 3 fully saturated rings. The zero-order valence-electron chi connectivity index (χ0n) is 23.5. The van der Waals surface area contributed by atoms with Crippen molar-refractivity contribution in [3.63, 3.8) is 0 Å². The van der Waals surface area contributed by atoms with Crippen molar-refractivity contribution in [3.05, 3.63) is 42.4 Å². The fourth-order valence-corrected chi connectivity index (χ4v) is 7.09. The van der Waals surface area contributed by atoms with Crippen LogP contribution in [0.25, 0.3) is 11.3 Å². The van der Waals surface area contributed by atoms with Crippen LogP contribution in [0.4, 0.5) is 0 Å². The number of methoxy groups -OCH3 is 1. The van der Waals surface area contributed by atoms with Gasteiger partial charge in [0.05, 0.1) is 18.6 Å². The maximum absolute atomic E-state index is 14.2. The molecule has 1 N–H and O–H groups in total. The van der Waals surface area contributed by atoms with Crippen LogP contribution in [-0.4, -0.2) is 84.3 Å². The van der Waals surface area contributed by atoms with Gasteiger partial charge >= 0.3 is 0 Å². The maximum Gasteiger partial charge on any atom is 0.275 e. The molecule has 0 unspecified atom stereocenters. The molecule has 1 aliphatic heterocycles. The molecule has 7 nitrogen and oxygen atoms in total. The maximum atomic E-state index is 14.2. The van der Waals surface area contributed by atoms with Gasteiger partial charge in [-0.15, -0.1) is 0 Å². The molecule has 1 amide bonds. The van der Waals surface area contributed by atoms with Crippen molar-refractivity contribution in [2.75, 3.05) is 46.9 Å². The SMILES string of the molecule is COC[C@@H]1CCCC[C@H]1n1cnc(C(=O)N2CCNC[C@H]2CCN(C)C2CCCCC2)c1-c1ccccc1. The van der Waals surface area contributed by atoms with E-state index in [1.807, 2.05) is 12.4 Å². The molecule has 1 aromatic heterocycles. The summed E-state index contributed by atoms with van der Waals surface area (Å²) in [5.74, 6) is 0.518. The quantitative estimate of drug-likeness (QED) is 0.503. The molecular weight excluding hydrogens is 474 g/mol. The monoisotopic (exact) mass is 521 g/mol. The van der Waals surface area contributed by atoms with Crippen LogP contribution < -0.4 is 5.32 Å². The normalized spacial score (nSPS) is 25.1. The molecule has 3 atom stereocenters. The third-order valence-electron chi connectivity index (χ3n) is 9.27. The number of nitrogens with one attached hydrogen (secondary N) is 1. The summed E-state index contributed by atoms with van der Waals surface area (Å²) in [6, 6.07) is 11.6. The zero-order chi connectivity index (χ0) is 26.3. The van der Waals surface area contributed by atoms with Crippen LogP contribution in [-0.2, 0) is 4.74 Å². The van der Waals surface area contributed by atoms with Crippen LogP contribution in [0.1, 0.15) is 80.7 Å². The summed E-state index contributed by atoms with van der Waals surface area (Å²) in [5, 5.41) is 3.55. The Morgan fingerprint density at radius 3 is 2.63 bits per heavy atom. The van der Waals surface area contributed by atoms with Crippen LogP contribution in [0, 0.1) is 5.92 Å². The molecule has 1 saturated heterocycles. The lowest BCUT2D eigenvalue weighted by Gasteiger charge is -2.38. The molecule has 5 rings (SSSR count). The van der Waals surface area contributed by atoms with Gasteiger partial charge in [0.25, 0.3) is 5.91 Å². The zero-order valence-corrected chi connectivity index (χ0v) is 23.5. The van der Waals surface area contributed by atoms with Crippen LogP contribution in [0.3, 0.4) is 0 Å². The lowest BCUT2D eigenvalue weighted by molar-refractivity contribution is 0.0596. The van der Waals surface area contributed by atoms with E-state index in [4.69, 9.17) is 9.72 Å². The number of nitrogens with zero attached hydrogens (tertiary/aromatic N) is 4. The first kappa shape index (κ1) is 27.4.